The molecule has 1 aromatic carbocycles. The summed E-state index contributed by atoms with van der Waals surface area (Å²) in [6, 6.07) is 8.42. The van der Waals surface area contributed by atoms with Crippen LogP contribution in [0.1, 0.15) is 50.7 Å². The lowest BCUT2D eigenvalue weighted by atomic mass is 10.1. The maximum Gasteiger partial charge on any atom is 0.222 e. The Kier molecular flexibility index (Phi) is 6.48. The first-order valence-corrected chi connectivity index (χ1v) is 7.00. The Bertz CT molecular complexity index is 373. The minimum absolute atomic E-state index is 0.285. The topological polar surface area (TPSA) is 20.3 Å². The molecule has 0 fully saturated rings. The van der Waals surface area contributed by atoms with E-state index in [4.69, 9.17) is 0 Å². The molecule has 0 aromatic heterocycles. The zero-order chi connectivity index (χ0) is 13.4. The number of carbonyl (C=O) groups excluding carboxylic acids is 1. The summed E-state index contributed by atoms with van der Waals surface area (Å²) in [6.45, 7) is 7.94. The summed E-state index contributed by atoms with van der Waals surface area (Å²) in [5.74, 6) is 0.285. The van der Waals surface area contributed by atoms with Crippen LogP contribution in [0.25, 0.3) is 0 Å². The van der Waals surface area contributed by atoms with E-state index in [-0.39, 0.29) is 5.91 Å². The molecule has 0 radical (unpaired) electrons. The van der Waals surface area contributed by atoms with Crippen molar-refractivity contribution in [1.29, 1.82) is 0 Å². The smallest absolute Gasteiger partial charge is 0.222 e. The third kappa shape index (κ3) is 4.91. The van der Waals surface area contributed by atoms with E-state index in [1.54, 1.807) is 0 Å². The first-order valence-electron chi connectivity index (χ1n) is 7.00. The van der Waals surface area contributed by atoms with Crippen LogP contribution in [0.15, 0.2) is 24.3 Å². The highest BCUT2D eigenvalue weighted by atomic mass is 16.2. The average Bonchev–Trinajstić information content (AvgIpc) is 2.34. The number of carbonyl (C=O) groups is 1. The largest absolute Gasteiger partial charge is 0.338 e. The van der Waals surface area contributed by atoms with Crippen LogP contribution in [0.4, 0.5) is 0 Å². The van der Waals surface area contributed by atoms with Crippen LogP contribution in [0.5, 0.6) is 0 Å². The van der Waals surface area contributed by atoms with E-state index >= 15 is 0 Å². The van der Waals surface area contributed by atoms with Crippen molar-refractivity contribution in [3.05, 3.63) is 35.4 Å². The SMILES string of the molecule is CCCCN(Cc1cccc(C)c1)C(=O)CCC. The van der Waals surface area contributed by atoms with E-state index in [1.807, 2.05) is 4.90 Å². The Hall–Kier alpha value is -1.31. The van der Waals surface area contributed by atoms with Crippen molar-refractivity contribution in [1.82, 2.24) is 4.90 Å². The highest BCUT2D eigenvalue weighted by molar-refractivity contribution is 5.76. The quantitative estimate of drug-likeness (QED) is 0.715. The van der Waals surface area contributed by atoms with Crippen molar-refractivity contribution in [2.75, 3.05) is 6.54 Å². The predicted octanol–water partition coefficient (Wildman–Crippen LogP) is 3.92. The number of benzene rings is 1. The van der Waals surface area contributed by atoms with Gasteiger partial charge in [-0.2, -0.15) is 0 Å². The molecule has 18 heavy (non-hydrogen) atoms. The van der Waals surface area contributed by atoms with E-state index in [1.165, 1.54) is 11.1 Å². The second-order valence-electron chi connectivity index (χ2n) is 4.91. The molecule has 0 aliphatic heterocycles. The molecule has 0 atom stereocenters. The maximum atomic E-state index is 12.1. The van der Waals surface area contributed by atoms with E-state index in [0.717, 1.165) is 32.4 Å². The van der Waals surface area contributed by atoms with Crippen LogP contribution in [-0.4, -0.2) is 17.4 Å². The molecule has 0 unspecified atom stereocenters. The van der Waals surface area contributed by atoms with Crippen molar-refractivity contribution < 1.29 is 4.79 Å². The monoisotopic (exact) mass is 247 g/mol. The second kappa shape index (κ2) is 7.91. The Balaban J connectivity index is 2.68. The molecule has 0 saturated heterocycles. The fraction of sp³-hybridized carbons (Fsp3) is 0.562. The van der Waals surface area contributed by atoms with Gasteiger partial charge in [-0.3, -0.25) is 4.79 Å². The summed E-state index contributed by atoms with van der Waals surface area (Å²) >= 11 is 0. The van der Waals surface area contributed by atoms with Gasteiger partial charge in [-0.1, -0.05) is 50.1 Å². The van der Waals surface area contributed by atoms with Gasteiger partial charge in [0.2, 0.25) is 5.91 Å². The van der Waals surface area contributed by atoms with Gasteiger partial charge in [-0.05, 0) is 25.3 Å². The molecular weight excluding hydrogens is 222 g/mol. The third-order valence-corrected chi connectivity index (χ3v) is 3.05. The van der Waals surface area contributed by atoms with Crippen LogP contribution < -0.4 is 0 Å². The Morgan fingerprint density at radius 1 is 1.22 bits per heavy atom. The minimum Gasteiger partial charge on any atom is -0.338 e. The molecule has 1 aromatic rings. The second-order valence-corrected chi connectivity index (χ2v) is 4.91. The van der Waals surface area contributed by atoms with Crippen molar-refractivity contribution in [2.24, 2.45) is 0 Å². The number of aryl methyl sites for hydroxylation is 1. The molecular formula is C16H25NO. The summed E-state index contributed by atoms with van der Waals surface area (Å²) in [6.07, 6.45) is 3.80. The molecule has 0 heterocycles. The third-order valence-electron chi connectivity index (χ3n) is 3.05. The lowest BCUT2D eigenvalue weighted by Gasteiger charge is -2.22. The number of unbranched alkanes of at least 4 members (excludes halogenated alkanes) is 1. The fourth-order valence-corrected chi connectivity index (χ4v) is 2.04. The number of amides is 1. The summed E-state index contributed by atoms with van der Waals surface area (Å²) in [5.41, 5.74) is 2.49. The zero-order valence-corrected chi connectivity index (χ0v) is 11.9. The molecule has 2 nitrogen and oxygen atoms in total. The number of nitrogens with zero attached hydrogens (tertiary/aromatic N) is 1. The molecule has 1 rings (SSSR count). The minimum atomic E-state index is 0.285. The van der Waals surface area contributed by atoms with Crippen LogP contribution in [0.3, 0.4) is 0 Å². The van der Waals surface area contributed by atoms with E-state index in [0.29, 0.717) is 6.42 Å². The fourth-order valence-electron chi connectivity index (χ4n) is 2.04. The molecule has 0 aliphatic rings. The first-order chi connectivity index (χ1) is 8.67. The highest BCUT2D eigenvalue weighted by Gasteiger charge is 2.12. The van der Waals surface area contributed by atoms with Gasteiger partial charge in [0, 0.05) is 19.5 Å². The van der Waals surface area contributed by atoms with Gasteiger partial charge in [-0.25, -0.2) is 0 Å². The zero-order valence-electron chi connectivity index (χ0n) is 11.9. The van der Waals surface area contributed by atoms with Crippen LogP contribution in [0.2, 0.25) is 0 Å². The predicted molar refractivity (Wildman–Crippen MR) is 76.4 cm³/mol. The van der Waals surface area contributed by atoms with Gasteiger partial charge in [-0.15, -0.1) is 0 Å². The first kappa shape index (κ1) is 14.7. The summed E-state index contributed by atoms with van der Waals surface area (Å²) in [4.78, 5) is 14.1. The van der Waals surface area contributed by atoms with E-state index in [9.17, 15) is 4.79 Å². The molecule has 0 spiro atoms. The number of hydrogen-bond acceptors (Lipinski definition) is 1. The summed E-state index contributed by atoms with van der Waals surface area (Å²) in [7, 11) is 0. The lowest BCUT2D eigenvalue weighted by molar-refractivity contribution is -0.131. The van der Waals surface area contributed by atoms with E-state index in [2.05, 4.69) is 45.0 Å². The molecule has 100 valence electrons. The molecule has 0 saturated carbocycles. The number of hydrogen-bond donors (Lipinski definition) is 0. The van der Waals surface area contributed by atoms with Crippen LogP contribution in [-0.2, 0) is 11.3 Å². The van der Waals surface area contributed by atoms with Crippen molar-refractivity contribution in [3.8, 4) is 0 Å². The van der Waals surface area contributed by atoms with Crippen molar-refractivity contribution >= 4 is 5.91 Å². The Morgan fingerprint density at radius 3 is 2.61 bits per heavy atom. The Morgan fingerprint density at radius 2 is 2.00 bits per heavy atom. The van der Waals surface area contributed by atoms with Crippen molar-refractivity contribution in [2.45, 2.75) is 53.0 Å². The van der Waals surface area contributed by atoms with Gasteiger partial charge in [0.05, 0.1) is 0 Å². The molecule has 0 N–H and O–H groups in total. The van der Waals surface area contributed by atoms with Crippen LogP contribution >= 0.6 is 0 Å². The van der Waals surface area contributed by atoms with Gasteiger partial charge in [0.1, 0.15) is 0 Å². The maximum absolute atomic E-state index is 12.1. The molecule has 1 amide bonds. The van der Waals surface area contributed by atoms with Gasteiger partial charge < -0.3 is 4.90 Å². The number of rotatable bonds is 7. The Labute approximate surface area is 111 Å². The van der Waals surface area contributed by atoms with Gasteiger partial charge in [0.25, 0.3) is 0 Å². The normalized spacial score (nSPS) is 10.4. The average molecular weight is 247 g/mol. The highest BCUT2D eigenvalue weighted by Crippen LogP contribution is 2.10. The molecule has 0 aliphatic carbocycles. The van der Waals surface area contributed by atoms with Gasteiger partial charge >= 0.3 is 0 Å². The standard InChI is InChI=1S/C16H25NO/c1-4-6-11-17(16(18)8-5-2)13-15-10-7-9-14(3)12-15/h7,9-10,12H,4-6,8,11,13H2,1-3H3. The van der Waals surface area contributed by atoms with Crippen LogP contribution in [0, 0.1) is 6.92 Å². The van der Waals surface area contributed by atoms with E-state index < -0.39 is 0 Å². The van der Waals surface area contributed by atoms with Crippen molar-refractivity contribution in [3.63, 3.8) is 0 Å². The lowest BCUT2D eigenvalue weighted by Crippen LogP contribution is -2.31. The molecule has 0 bridgehead atoms. The summed E-state index contributed by atoms with van der Waals surface area (Å²) < 4.78 is 0. The summed E-state index contributed by atoms with van der Waals surface area (Å²) in [5, 5.41) is 0. The molecule has 2 heteroatoms. The van der Waals surface area contributed by atoms with Gasteiger partial charge in [0.15, 0.2) is 0 Å².